The minimum absolute atomic E-state index is 0.400. The standard InChI is InChI=1S/C9H13BrO/c1-2-3-5-8(10)9-6-4-7-11-9/h4,6-8H,2-3,5H2,1H3. The van der Waals surface area contributed by atoms with Crippen LogP contribution in [-0.2, 0) is 0 Å². The highest BCUT2D eigenvalue weighted by molar-refractivity contribution is 9.09. The topological polar surface area (TPSA) is 13.1 Å². The van der Waals surface area contributed by atoms with Crippen molar-refractivity contribution in [2.45, 2.75) is 31.0 Å². The smallest absolute Gasteiger partial charge is 0.117 e. The molecule has 0 aliphatic rings. The third kappa shape index (κ3) is 2.70. The molecule has 0 aromatic carbocycles. The Kier molecular flexibility index (Phi) is 3.70. The van der Waals surface area contributed by atoms with Crippen molar-refractivity contribution in [1.29, 1.82) is 0 Å². The highest BCUT2D eigenvalue weighted by atomic mass is 79.9. The van der Waals surface area contributed by atoms with Crippen LogP contribution in [0.1, 0.15) is 36.8 Å². The van der Waals surface area contributed by atoms with E-state index in [1.165, 1.54) is 12.8 Å². The molecule has 0 fully saturated rings. The summed E-state index contributed by atoms with van der Waals surface area (Å²) in [5.74, 6) is 1.04. The fourth-order valence-electron chi connectivity index (χ4n) is 0.995. The summed E-state index contributed by atoms with van der Waals surface area (Å²) in [5, 5.41) is 0. The highest BCUT2D eigenvalue weighted by Crippen LogP contribution is 2.28. The van der Waals surface area contributed by atoms with Crippen molar-refractivity contribution in [2.75, 3.05) is 0 Å². The molecule has 0 aliphatic carbocycles. The Morgan fingerprint density at radius 3 is 3.00 bits per heavy atom. The van der Waals surface area contributed by atoms with E-state index in [2.05, 4.69) is 22.9 Å². The Morgan fingerprint density at radius 2 is 2.45 bits per heavy atom. The van der Waals surface area contributed by atoms with Crippen molar-refractivity contribution in [3.8, 4) is 0 Å². The number of halogens is 1. The molecule has 0 aliphatic heterocycles. The van der Waals surface area contributed by atoms with Crippen molar-refractivity contribution in [2.24, 2.45) is 0 Å². The van der Waals surface area contributed by atoms with Gasteiger partial charge in [-0.15, -0.1) is 0 Å². The second-order valence-corrected chi connectivity index (χ2v) is 3.73. The molecule has 0 radical (unpaired) electrons. The summed E-state index contributed by atoms with van der Waals surface area (Å²) >= 11 is 3.57. The van der Waals surface area contributed by atoms with Gasteiger partial charge in [-0.25, -0.2) is 0 Å². The maximum atomic E-state index is 5.25. The van der Waals surface area contributed by atoms with Gasteiger partial charge in [-0.3, -0.25) is 0 Å². The average molecular weight is 217 g/mol. The molecule has 1 aromatic heterocycles. The van der Waals surface area contributed by atoms with Crippen LogP contribution < -0.4 is 0 Å². The molecule has 1 aromatic rings. The maximum absolute atomic E-state index is 5.25. The van der Waals surface area contributed by atoms with Gasteiger partial charge in [0.2, 0.25) is 0 Å². The van der Waals surface area contributed by atoms with Crippen molar-refractivity contribution >= 4 is 15.9 Å². The van der Waals surface area contributed by atoms with Crippen molar-refractivity contribution in [3.05, 3.63) is 24.2 Å². The summed E-state index contributed by atoms with van der Waals surface area (Å²) in [4.78, 5) is 0.400. The van der Waals surface area contributed by atoms with E-state index < -0.39 is 0 Å². The van der Waals surface area contributed by atoms with Crippen LogP contribution >= 0.6 is 15.9 Å². The van der Waals surface area contributed by atoms with E-state index >= 15 is 0 Å². The third-order valence-electron chi connectivity index (χ3n) is 1.66. The first kappa shape index (κ1) is 8.85. The Balaban J connectivity index is 2.36. The van der Waals surface area contributed by atoms with E-state index in [0.717, 1.165) is 12.2 Å². The van der Waals surface area contributed by atoms with E-state index in [4.69, 9.17) is 4.42 Å². The number of hydrogen-bond acceptors (Lipinski definition) is 1. The minimum Gasteiger partial charge on any atom is -0.468 e. The predicted octanol–water partition coefficient (Wildman–Crippen LogP) is 3.91. The monoisotopic (exact) mass is 216 g/mol. The Morgan fingerprint density at radius 1 is 1.64 bits per heavy atom. The molecule has 1 rings (SSSR count). The van der Waals surface area contributed by atoms with E-state index in [-0.39, 0.29) is 0 Å². The van der Waals surface area contributed by atoms with Crippen molar-refractivity contribution in [3.63, 3.8) is 0 Å². The Hall–Kier alpha value is -0.240. The molecule has 2 heteroatoms. The van der Waals surface area contributed by atoms with Crippen LogP contribution in [0.5, 0.6) is 0 Å². The molecule has 11 heavy (non-hydrogen) atoms. The van der Waals surface area contributed by atoms with Crippen LogP contribution in [-0.4, -0.2) is 0 Å². The lowest BCUT2D eigenvalue weighted by Crippen LogP contribution is -1.85. The molecule has 1 heterocycles. The summed E-state index contributed by atoms with van der Waals surface area (Å²) in [6.45, 7) is 2.20. The summed E-state index contributed by atoms with van der Waals surface area (Å²) in [7, 11) is 0. The highest BCUT2D eigenvalue weighted by Gasteiger charge is 2.08. The molecule has 1 nitrogen and oxygen atoms in total. The van der Waals surface area contributed by atoms with Gasteiger partial charge < -0.3 is 4.42 Å². The van der Waals surface area contributed by atoms with Crippen LogP contribution in [0.4, 0.5) is 0 Å². The van der Waals surface area contributed by atoms with Crippen LogP contribution in [0.25, 0.3) is 0 Å². The maximum Gasteiger partial charge on any atom is 0.117 e. The number of hydrogen-bond donors (Lipinski definition) is 0. The van der Waals surface area contributed by atoms with Gasteiger partial charge in [0.05, 0.1) is 11.1 Å². The Bertz CT molecular complexity index is 181. The quantitative estimate of drug-likeness (QED) is 0.697. The van der Waals surface area contributed by atoms with E-state index in [0.29, 0.717) is 4.83 Å². The predicted molar refractivity (Wildman–Crippen MR) is 49.9 cm³/mol. The van der Waals surface area contributed by atoms with Crippen LogP contribution in [0.2, 0.25) is 0 Å². The first-order valence-electron chi connectivity index (χ1n) is 4.02. The normalized spacial score (nSPS) is 13.3. The molecule has 1 unspecified atom stereocenters. The molecule has 0 saturated heterocycles. The summed E-state index contributed by atoms with van der Waals surface area (Å²) < 4.78 is 5.25. The van der Waals surface area contributed by atoms with Gasteiger partial charge >= 0.3 is 0 Å². The molecule has 0 bridgehead atoms. The largest absolute Gasteiger partial charge is 0.468 e. The summed E-state index contributed by atoms with van der Waals surface area (Å²) in [6, 6.07) is 3.94. The van der Waals surface area contributed by atoms with E-state index in [1.54, 1.807) is 6.26 Å². The number of furan rings is 1. The van der Waals surface area contributed by atoms with Gasteiger partial charge in [0.1, 0.15) is 5.76 Å². The lowest BCUT2D eigenvalue weighted by atomic mass is 10.2. The minimum atomic E-state index is 0.400. The van der Waals surface area contributed by atoms with Gasteiger partial charge in [0.15, 0.2) is 0 Å². The molecule has 0 amide bonds. The summed E-state index contributed by atoms with van der Waals surface area (Å²) in [5.41, 5.74) is 0. The molecule has 1 atom stereocenters. The molecular weight excluding hydrogens is 204 g/mol. The molecule has 62 valence electrons. The fourth-order valence-corrected chi connectivity index (χ4v) is 1.58. The van der Waals surface area contributed by atoms with Crippen molar-refractivity contribution < 1.29 is 4.42 Å². The van der Waals surface area contributed by atoms with Gasteiger partial charge in [-0.2, -0.15) is 0 Å². The number of unbranched alkanes of at least 4 members (excludes halogenated alkanes) is 1. The van der Waals surface area contributed by atoms with Gasteiger partial charge in [0.25, 0.3) is 0 Å². The van der Waals surface area contributed by atoms with Gasteiger partial charge in [-0.05, 0) is 18.6 Å². The molecule has 0 spiro atoms. The first-order valence-corrected chi connectivity index (χ1v) is 4.93. The fraction of sp³-hybridized carbons (Fsp3) is 0.556. The molecular formula is C9H13BrO. The van der Waals surface area contributed by atoms with E-state index in [9.17, 15) is 0 Å². The SMILES string of the molecule is CCCCC(Br)c1ccco1. The van der Waals surface area contributed by atoms with Crippen LogP contribution in [0, 0.1) is 0 Å². The summed E-state index contributed by atoms with van der Waals surface area (Å²) in [6.07, 6.45) is 5.36. The second-order valence-electron chi connectivity index (χ2n) is 2.63. The molecule has 0 saturated carbocycles. The van der Waals surface area contributed by atoms with Crippen LogP contribution in [0.15, 0.2) is 22.8 Å². The zero-order valence-corrected chi connectivity index (χ0v) is 8.30. The third-order valence-corrected chi connectivity index (χ3v) is 2.57. The lowest BCUT2D eigenvalue weighted by molar-refractivity contribution is 0.495. The molecule has 0 N–H and O–H groups in total. The Labute approximate surface area is 75.9 Å². The number of rotatable bonds is 4. The first-order chi connectivity index (χ1) is 5.34. The zero-order chi connectivity index (χ0) is 8.10. The zero-order valence-electron chi connectivity index (χ0n) is 6.72. The van der Waals surface area contributed by atoms with Gasteiger partial charge in [0, 0.05) is 0 Å². The lowest BCUT2D eigenvalue weighted by Gasteiger charge is -2.03. The van der Waals surface area contributed by atoms with Crippen molar-refractivity contribution in [1.82, 2.24) is 0 Å². The van der Waals surface area contributed by atoms with Gasteiger partial charge in [-0.1, -0.05) is 35.7 Å². The van der Waals surface area contributed by atoms with E-state index in [1.807, 2.05) is 12.1 Å². The van der Waals surface area contributed by atoms with Crippen LogP contribution in [0.3, 0.4) is 0 Å². The average Bonchev–Trinajstić information content (AvgIpc) is 2.52. The second kappa shape index (κ2) is 4.60. The number of alkyl halides is 1.